The summed E-state index contributed by atoms with van der Waals surface area (Å²) in [4.78, 5) is 41.0. The third-order valence-corrected chi connectivity index (χ3v) is 5.69. The molecular formula is C19H21N5O2S. The summed E-state index contributed by atoms with van der Waals surface area (Å²) in [6.45, 7) is 6.44. The van der Waals surface area contributed by atoms with E-state index in [9.17, 15) is 9.59 Å². The molecule has 1 fully saturated rings. The van der Waals surface area contributed by atoms with Crippen LogP contribution in [0.15, 0.2) is 41.7 Å². The van der Waals surface area contributed by atoms with Crippen LogP contribution in [0.25, 0.3) is 5.57 Å². The molecule has 0 radical (unpaired) electrons. The SMILES string of the molecule is CC(C)N1C(=O)C(c2cccs2)=C(N2CCN(c3ncccn3)CC2)C1=O. The Morgan fingerprint density at radius 3 is 2.22 bits per heavy atom. The van der Waals surface area contributed by atoms with Crippen LogP contribution < -0.4 is 4.90 Å². The minimum absolute atomic E-state index is 0.170. The van der Waals surface area contributed by atoms with Gasteiger partial charge in [0.1, 0.15) is 5.70 Å². The summed E-state index contributed by atoms with van der Waals surface area (Å²) in [5, 5.41) is 1.93. The number of hydrogen-bond donors (Lipinski definition) is 0. The summed E-state index contributed by atoms with van der Waals surface area (Å²) in [5.74, 6) is 0.311. The summed E-state index contributed by atoms with van der Waals surface area (Å²) in [6.07, 6.45) is 3.46. The van der Waals surface area contributed by atoms with E-state index in [1.54, 1.807) is 18.5 Å². The monoisotopic (exact) mass is 383 g/mol. The van der Waals surface area contributed by atoms with E-state index in [1.807, 2.05) is 36.3 Å². The zero-order chi connectivity index (χ0) is 19.0. The molecule has 8 heteroatoms. The molecule has 0 saturated carbocycles. The highest BCUT2D eigenvalue weighted by Crippen LogP contribution is 2.35. The number of aromatic nitrogens is 2. The van der Waals surface area contributed by atoms with Crippen molar-refractivity contribution in [3.63, 3.8) is 0 Å². The molecule has 0 aromatic carbocycles. The molecule has 2 aliphatic heterocycles. The number of imide groups is 1. The predicted molar refractivity (Wildman–Crippen MR) is 104 cm³/mol. The van der Waals surface area contributed by atoms with Gasteiger partial charge in [-0.25, -0.2) is 9.97 Å². The zero-order valence-corrected chi connectivity index (χ0v) is 16.1. The van der Waals surface area contributed by atoms with Gasteiger partial charge in [-0.15, -0.1) is 11.3 Å². The lowest BCUT2D eigenvalue weighted by Gasteiger charge is -2.36. The first-order valence-corrected chi connectivity index (χ1v) is 9.89. The van der Waals surface area contributed by atoms with Crippen molar-refractivity contribution < 1.29 is 9.59 Å². The Hall–Kier alpha value is -2.74. The van der Waals surface area contributed by atoms with Gasteiger partial charge in [0.25, 0.3) is 11.8 Å². The van der Waals surface area contributed by atoms with Gasteiger partial charge in [-0.3, -0.25) is 14.5 Å². The van der Waals surface area contributed by atoms with Gasteiger partial charge in [0.05, 0.1) is 5.57 Å². The Morgan fingerprint density at radius 1 is 0.963 bits per heavy atom. The number of rotatable bonds is 4. The normalized spacial score (nSPS) is 18.3. The van der Waals surface area contributed by atoms with Gasteiger partial charge in [-0.2, -0.15) is 0 Å². The number of hydrogen-bond acceptors (Lipinski definition) is 7. The Bertz CT molecular complexity index is 871. The van der Waals surface area contributed by atoms with Crippen molar-refractivity contribution in [3.8, 4) is 0 Å². The number of carbonyl (C=O) groups excluding carboxylic acids is 2. The highest BCUT2D eigenvalue weighted by atomic mass is 32.1. The Morgan fingerprint density at radius 2 is 1.63 bits per heavy atom. The Balaban J connectivity index is 1.62. The Kier molecular flexibility index (Phi) is 4.65. The second-order valence-electron chi connectivity index (χ2n) is 6.80. The Labute approximate surface area is 161 Å². The van der Waals surface area contributed by atoms with E-state index in [2.05, 4.69) is 14.9 Å². The van der Waals surface area contributed by atoms with Crippen molar-refractivity contribution in [2.24, 2.45) is 0 Å². The summed E-state index contributed by atoms with van der Waals surface area (Å²) < 4.78 is 0. The molecule has 2 amide bonds. The van der Waals surface area contributed by atoms with E-state index < -0.39 is 0 Å². The molecule has 0 aliphatic carbocycles. The van der Waals surface area contributed by atoms with Gasteiger partial charge < -0.3 is 9.80 Å². The molecule has 2 aromatic heterocycles. The average Bonchev–Trinajstić information content (AvgIpc) is 3.28. The van der Waals surface area contributed by atoms with Gasteiger partial charge >= 0.3 is 0 Å². The predicted octanol–water partition coefficient (Wildman–Crippen LogP) is 1.85. The van der Waals surface area contributed by atoms with Crippen LogP contribution >= 0.6 is 11.3 Å². The second-order valence-corrected chi connectivity index (χ2v) is 7.75. The van der Waals surface area contributed by atoms with Gasteiger partial charge in [0, 0.05) is 49.5 Å². The standard InChI is InChI=1S/C19H21N5O2S/c1-13(2)24-17(25)15(14-5-3-12-27-14)16(18(24)26)22-8-10-23(11-9-22)19-20-6-4-7-21-19/h3-7,12-13H,8-11H2,1-2H3. The van der Waals surface area contributed by atoms with Crippen LogP contribution in [-0.2, 0) is 9.59 Å². The summed E-state index contributed by atoms with van der Waals surface area (Å²) in [7, 11) is 0. The molecule has 0 bridgehead atoms. The smallest absolute Gasteiger partial charge is 0.278 e. The fourth-order valence-electron chi connectivity index (χ4n) is 3.52. The van der Waals surface area contributed by atoms with Crippen LogP contribution in [-0.4, -0.2) is 63.8 Å². The highest BCUT2D eigenvalue weighted by Gasteiger charge is 2.43. The third-order valence-electron chi connectivity index (χ3n) is 4.81. The lowest BCUT2D eigenvalue weighted by atomic mass is 10.1. The van der Waals surface area contributed by atoms with Crippen LogP contribution in [0.3, 0.4) is 0 Å². The quantitative estimate of drug-likeness (QED) is 0.751. The molecule has 2 aromatic rings. The first-order valence-electron chi connectivity index (χ1n) is 9.01. The lowest BCUT2D eigenvalue weighted by Crippen LogP contribution is -2.48. The number of anilines is 1. The van der Waals surface area contributed by atoms with Crippen molar-refractivity contribution in [1.29, 1.82) is 0 Å². The minimum Gasteiger partial charge on any atom is -0.363 e. The largest absolute Gasteiger partial charge is 0.363 e. The maximum absolute atomic E-state index is 13.1. The molecule has 7 nitrogen and oxygen atoms in total. The fourth-order valence-corrected chi connectivity index (χ4v) is 4.29. The van der Waals surface area contributed by atoms with E-state index >= 15 is 0 Å². The van der Waals surface area contributed by atoms with Crippen molar-refractivity contribution in [2.75, 3.05) is 31.1 Å². The van der Waals surface area contributed by atoms with Gasteiger partial charge in [0.15, 0.2) is 0 Å². The van der Waals surface area contributed by atoms with E-state index in [0.717, 1.165) is 4.88 Å². The van der Waals surface area contributed by atoms with Crippen LogP contribution in [0.5, 0.6) is 0 Å². The van der Waals surface area contributed by atoms with Gasteiger partial charge in [-0.05, 0) is 31.4 Å². The third kappa shape index (κ3) is 3.10. The van der Waals surface area contributed by atoms with E-state index in [4.69, 9.17) is 0 Å². The second kappa shape index (κ2) is 7.11. The maximum atomic E-state index is 13.1. The number of piperazine rings is 1. The summed E-state index contributed by atoms with van der Waals surface area (Å²) in [5.41, 5.74) is 1.07. The van der Waals surface area contributed by atoms with Gasteiger partial charge in [0.2, 0.25) is 5.95 Å². The molecule has 0 spiro atoms. The zero-order valence-electron chi connectivity index (χ0n) is 15.3. The molecule has 27 heavy (non-hydrogen) atoms. The van der Waals surface area contributed by atoms with Crippen LogP contribution in [0.4, 0.5) is 5.95 Å². The van der Waals surface area contributed by atoms with E-state index in [1.165, 1.54) is 16.2 Å². The molecule has 1 saturated heterocycles. The van der Waals surface area contributed by atoms with Crippen LogP contribution in [0.2, 0.25) is 0 Å². The van der Waals surface area contributed by atoms with Gasteiger partial charge in [-0.1, -0.05) is 6.07 Å². The van der Waals surface area contributed by atoms with Crippen molar-refractivity contribution >= 4 is 34.7 Å². The maximum Gasteiger partial charge on any atom is 0.278 e. The molecule has 0 unspecified atom stereocenters. The average molecular weight is 383 g/mol. The summed E-state index contributed by atoms with van der Waals surface area (Å²) in [6, 6.07) is 5.44. The molecular weight excluding hydrogens is 362 g/mol. The fraction of sp³-hybridized carbons (Fsp3) is 0.368. The van der Waals surface area contributed by atoms with Crippen LogP contribution in [0.1, 0.15) is 18.7 Å². The van der Waals surface area contributed by atoms with Crippen molar-refractivity contribution in [1.82, 2.24) is 19.8 Å². The van der Waals surface area contributed by atoms with Crippen LogP contribution in [0, 0.1) is 0 Å². The number of carbonyl (C=O) groups is 2. The lowest BCUT2D eigenvalue weighted by molar-refractivity contribution is -0.139. The first-order chi connectivity index (χ1) is 13.1. The van der Waals surface area contributed by atoms with E-state index in [-0.39, 0.29) is 17.9 Å². The molecule has 0 atom stereocenters. The summed E-state index contributed by atoms with van der Waals surface area (Å²) >= 11 is 1.49. The molecule has 2 aliphatic rings. The van der Waals surface area contributed by atoms with E-state index in [0.29, 0.717) is 43.4 Å². The molecule has 0 N–H and O–H groups in total. The topological polar surface area (TPSA) is 69.6 Å². The molecule has 4 heterocycles. The molecule has 4 rings (SSSR count). The highest BCUT2D eigenvalue weighted by molar-refractivity contribution is 7.11. The number of thiophene rings is 1. The number of nitrogens with zero attached hydrogens (tertiary/aromatic N) is 5. The number of amides is 2. The van der Waals surface area contributed by atoms with Crippen molar-refractivity contribution in [3.05, 3.63) is 46.5 Å². The van der Waals surface area contributed by atoms with Crippen molar-refractivity contribution in [2.45, 2.75) is 19.9 Å². The molecule has 140 valence electrons. The first kappa shape index (κ1) is 17.7. The minimum atomic E-state index is -0.193.